The molecule has 2 rings (SSSR count). The van der Waals surface area contributed by atoms with Crippen LogP contribution in [0.1, 0.15) is 6.92 Å². The SMILES string of the molecule is CSc1ccc(N2C(=O)CNC(=O)C2C)cc1. The Bertz CT molecular complexity index is 444. The highest BCUT2D eigenvalue weighted by atomic mass is 32.2. The van der Waals surface area contributed by atoms with E-state index in [1.165, 1.54) is 0 Å². The lowest BCUT2D eigenvalue weighted by Gasteiger charge is -2.32. The number of nitrogens with one attached hydrogen (secondary N) is 1. The van der Waals surface area contributed by atoms with Crippen molar-refractivity contribution in [3.05, 3.63) is 24.3 Å². The van der Waals surface area contributed by atoms with Crippen molar-refractivity contribution in [2.75, 3.05) is 17.7 Å². The van der Waals surface area contributed by atoms with Crippen molar-refractivity contribution in [3.63, 3.8) is 0 Å². The van der Waals surface area contributed by atoms with E-state index in [1.54, 1.807) is 23.6 Å². The molecule has 1 heterocycles. The topological polar surface area (TPSA) is 49.4 Å². The minimum atomic E-state index is -0.448. The van der Waals surface area contributed by atoms with Crippen LogP contribution in [-0.4, -0.2) is 30.7 Å². The third-order valence-corrected chi connectivity index (χ3v) is 3.54. The number of hydrogen-bond acceptors (Lipinski definition) is 3. The Balaban J connectivity index is 2.29. The van der Waals surface area contributed by atoms with Crippen LogP contribution >= 0.6 is 11.8 Å². The van der Waals surface area contributed by atoms with Crippen molar-refractivity contribution in [2.24, 2.45) is 0 Å². The molecule has 4 nitrogen and oxygen atoms in total. The van der Waals surface area contributed by atoms with E-state index >= 15 is 0 Å². The van der Waals surface area contributed by atoms with Crippen molar-refractivity contribution in [3.8, 4) is 0 Å². The summed E-state index contributed by atoms with van der Waals surface area (Å²) in [5.41, 5.74) is 0.773. The maximum atomic E-state index is 11.8. The average Bonchev–Trinajstić information content (AvgIpc) is 2.35. The summed E-state index contributed by atoms with van der Waals surface area (Å²) in [5.74, 6) is -0.187. The Morgan fingerprint density at radius 2 is 1.94 bits per heavy atom. The lowest BCUT2D eigenvalue weighted by Crippen LogP contribution is -2.57. The van der Waals surface area contributed by atoms with Crippen LogP contribution in [0.15, 0.2) is 29.2 Å². The minimum Gasteiger partial charge on any atom is -0.345 e. The van der Waals surface area contributed by atoms with Crippen LogP contribution in [0.4, 0.5) is 5.69 Å². The maximum absolute atomic E-state index is 11.8. The van der Waals surface area contributed by atoms with Crippen LogP contribution in [0.5, 0.6) is 0 Å². The van der Waals surface area contributed by atoms with Crippen LogP contribution in [0.25, 0.3) is 0 Å². The molecule has 17 heavy (non-hydrogen) atoms. The van der Waals surface area contributed by atoms with Crippen molar-refractivity contribution in [1.29, 1.82) is 0 Å². The van der Waals surface area contributed by atoms with Gasteiger partial charge in [0.2, 0.25) is 11.8 Å². The number of nitrogens with zero attached hydrogens (tertiary/aromatic N) is 1. The average molecular weight is 250 g/mol. The fourth-order valence-corrected chi connectivity index (χ4v) is 2.25. The molecule has 0 radical (unpaired) electrons. The zero-order valence-electron chi connectivity index (χ0n) is 9.77. The van der Waals surface area contributed by atoms with Gasteiger partial charge in [-0.3, -0.25) is 14.5 Å². The summed E-state index contributed by atoms with van der Waals surface area (Å²) in [6, 6.07) is 7.20. The van der Waals surface area contributed by atoms with Gasteiger partial charge in [-0.15, -0.1) is 11.8 Å². The molecule has 5 heteroatoms. The normalized spacial score (nSPS) is 20.4. The second kappa shape index (κ2) is 4.79. The van der Waals surface area contributed by atoms with Crippen molar-refractivity contribution in [1.82, 2.24) is 5.32 Å². The van der Waals surface area contributed by atoms with Gasteiger partial charge in [0.15, 0.2) is 0 Å². The summed E-state index contributed by atoms with van der Waals surface area (Å²) < 4.78 is 0. The first kappa shape index (κ1) is 12.0. The molecule has 1 unspecified atom stereocenters. The number of benzene rings is 1. The Hall–Kier alpha value is -1.49. The molecule has 0 spiro atoms. The lowest BCUT2D eigenvalue weighted by atomic mass is 10.1. The number of hydrogen-bond donors (Lipinski definition) is 1. The molecule has 0 aliphatic carbocycles. The fourth-order valence-electron chi connectivity index (χ4n) is 1.84. The summed E-state index contributed by atoms with van der Waals surface area (Å²) >= 11 is 1.64. The summed E-state index contributed by atoms with van der Waals surface area (Å²) in [5, 5.41) is 2.57. The van der Waals surface area contributed by atoms with Gasteiger partial charge in [-0.2, -0.15) is 0 Å². The Kier molecular flexibility index (Phi) is 3.38. The van der Waals surface area contributed by atoms with Crippen molar-refractivity contribution < 1.29 is 9.59 Å². The zero-order chi connectivity index (χ0) is 12.4. The molecule has 1 saturated heterocycles. The van der Waals surface area contributed by atoms with Crippen LogP contribution in [0.3, 0.4) is 0 Å². The second-order valence-electron chi connectivity index (χ2n) is 3.86. The van der Waals surface area contributed by atoms with Gasteiger partial charge < -0.3 is 5.32 Å². The number of carbonyl (C=O) groups is 2. The van der Waals surface area contributed by atoms with E-state index in [4.69, 9.17) is 0 Å². The summed E-state index contributed by atoms with van der Waals surface area (Å²) in [7, 11) is 0. The summed E-state index contributed by atoms with van der Waals surface area (Å²) in [6.07, 6.45) is 2.00. The van der Waals surface area contributed by atoms with E-state index in [9.17, 15) is 9.59 Å². The van der Waals surface area contributed by atoms with Gasteiger partial charge in [0, 0.05) is 10.6 Å². The first-order valence-corrected chi connectivity index (χ1v) is 6.60. The summed E-state index contributed by atoms with van der Waals surface area (Å²) in [4.78, 5) is 26.0. The van der Waals surface area contributed by atoms with E-state index in [2.05, 4.69) is 5.32 Å². The van der Waals surface area contributed by atoms with E-state index < -0.39 is 6.04 Å². The molecule has 1 N–H and O–H groups in total. The van der Waals surface area contributed by atoms with Gasteiger partial charge in [-0.1, -0.05) is 0 Å². The third kappa shape index (κ3) is 2.29. The summed E-state index contributed by atoms with van der Waals surface area (Å²) in [6.45, 7) is 1.81. The van der Waals surface area contributed by atoms with E-state index in [-0.39, 0.29) is 18.4 Å². The highest BCUT2D eigenvalue weighted by Gasteiger charge is 2.31. The minimum absolute atomic E-state index is 0.0750. The Morgan fingerprint density at radius 1 is 1.29 bits per heavy atom. The third-order valence-electron chi connectivity index (χ3n) is 2.80. The van der Waals surface area contributed by atoms with E-state index in [0.717, 1.165) is 10.6 Å². The quantitative estimate of drug-likeness (QED) is 0.804. The molecule has 1 aromatic carbocycles. The predicted molar refractivity (Wildman–Crippen MR) is 68.2 cm³/mol. The van der Waals surface area contributed by atoms with Gasteiger partial charge in [-0.25, -0.2) is 0 Å². The Morgan fingerprint density at radius 3 is 2.53 bits per heavy atom. The van der Waals surface area contributed by atoms with Crippen LogP contribution in [0.2, 0.25) is 0 Å². The van der Waals surface area contributed by atoms with E-state index in [0.29, 0.717) is 0 Å². The van der Waals surface area contributed by atoms with Gasteiger partial charge in [0.05, 0.1) is 6.54 Å². The van der Waals surface area contributed by atoms with Crippen LogP contribution in [0, 0.1) is 0 Å². The zero-order valence-corrected chi connectivity index (χ0v) is 10.6. The number of carbonyl (C=O) groups excluding carboxylic acids is 2. The first-order chi connectivity index (χ1) is 8.13. The maximum Gasteiger partial charge on any atom is 0.247 e. The highest BCUT2D eigenvalue weighted by Crippen LogP contribution is 2.23. The lowest BCUT2D eigenvalue weighted by molar-refractivity contribution is -0.130. The smallest absolute Gasteiger partial charge is 0.247 e. The van der Waals surface area contributed by atoms with Gasteiger partial charge in [0.25, 0.3) is 0 Å². The van der Waals surface area contributed by atoms with Crippen molar-refractivity contribution >= 4 is 29.3 Å². The molecule has 1 aliphatic rings. The van der Waals surface area contributed by atoms with Gasteiger partial charge in [-0.05, 0) is 37.4 Å². The number of anilines is 1. The van der Waals surface area contributed by atoms with Crippen LogP contribution in [-0.2, 0) is 9.59 Å². The molecule has 90 valence electrons. The molecule has 1 aromatic rings. The molecule has 0 saturated carbocycles. The number of thioether (sulfide) groups is 1. The molecular weight excluding hydrogens is 236 g/mol. The van der Waals surface area contributed by atoms with Gasteiger partial charge >= 0.3 is 0 Å². The molecule has 2 amide bonds. The fraction of sp³-hybridized carbons (Fsp3) is 0.333. The highest BCUT2D eigenvalue weighted by molar-refractivity contribution is 7.98. The molecule has 1 fully saturated rings. The molecule has 1 atom stereocenters. The molecule has 1 aliphatic heterocycles. The number of piperazine rings is 1. The first-order valence-electron chi connectivity index (χ1n) is 5.37. The molecule has 0 bridgehead atoms. The standard InChI is InChI=1S/C12H14N2O2S/c1-8-12(16)13-7-11(15)14(8)9-3-5-10(17-2)6-4-9/h3-6,8H,7H2,1-2H3,(H,13,16). The van der Waals surface area contributed by atoms with E-state index in [1.807, 2.05) is 30.5 Å². The molecule has 0 aromatic heterocycles. The largest absolute Gasteiger partial charge is 0.345 e. The number of rotatable bonds is 2. The monoisotopic (exact) mass is 250 g/mol. The molecular formula is C12H14N2O2S. The Labute approximate surface area is 104 Å². The van der Waals surface area contributed by atoms with Crippen LogP contribution < -0.4 is 10.2 Å². The second-order valence-corrected chi connectivity index (χ2v) is 4.74. The predicted octanol–water partition coefficient (Wildman–Crippen LogP) is 1.26. The number of amides is 2. The van der Waals surface area contributed by atoms with Crippen molar-refractivity contribution in [2.45, 2.75) is 17.9 Å². The van der Waals surface area contributed by atoms with Gasteiger partial charge in [0.1, 0.15) is 6.04 Å².